The van der Waals surface area contributed by atoms with Gasteiger partial charge in [-0.3, -0.25) is 9.89 Å². The normalized spacial score (nSPS) is 27.7. The Morgan fingerprint density at radius 3 is 2.81 bits per heavy atom. The summed E-state index contributed by atoms with van der Waals surface area (Å²) in [5.74, 6) is 0.887. The van der Waals surface area contributed by atoms with Crippen molar-refractivity contribution in [3.63, 3.8) is 0 Å². The summed E-state index contributed by atoms with van der Waals surface area (Å²) < 4.78 is 14.2. The van der Waals surface area contributed by atoms with Crippen LogP contribution < -0.4 is 5.32 Å². The van der Waals surface area contributed by atoms with Gasteiger partial charge in [-0.25, -0.2) is 4.39 Å². The van der Waals surface area contributed by atoms with Crippen molar-refractivity contribution in [3.8, 4) is 0 Å². The quantitative estimate of drug-likeness (QED) is 0.292. The monoisotopic (exact) mass is 504 g/mol. The minimum atomic E-state index is -0.205. The van der Waals surface area contributed by atoms with Gasteiger partial charge in [0, 0.05) is 61.3 Å². The third-order valence-electron chi connectivity index (χ3n) is 5.61. The molecule has 2 fully saturated rings. The number of halogens is 3. The van der Waals surface area contributed by atoms with E-state index in [1.807, 2.05) is 0 Å². The number of benzene rings is 1. The third-order valence-corrected chi connectivity index (χ3v) is 5.94. The summed E-state index contributed by atoms with van der Waals surface area (Å²) in [6, 6.07) is 5.72. The summed E-state index contributed by atoms with van der Waals surface area (Å²) >= 11 is 6.23. The maximum absolute atomic E-state index is 14.2. The van der Waals surface area contributed by atoms with E-state index < -0.39 is 0 Å². The van der Waals surface area contributed by atoms with Crippen molar-refractivity contribution >= 4 is 41.5 Å². The van der Waals surface area contributed by atoms with Gasteiger partial charge in [0.1, 0.15) is 5.82 Å². The molecule has 1 aliphatic carbocycles. The first-order chi connectivity index (χ1) is 12.7. The van der Waals surface area contributed by atoms with Crippen LogP contribution in [0.2, 0.25) is 5.02 Å². The SMILES string of the molecule is CCN=C(NC1CC1c1c(F)cccc1Cl)N1CCC(N2CC=CC2)C1.I. The van der Waals surface area contributed by atoms with Gasteiger partial charge in [0.25, 0.3) is 0 Å². The molecule has 2 heterocycles. The Morgan fingerprint density at radius 1 is 1.33 bits per heavy atom. The topological polar surface area (TPSA) is 30.9 Å². The van der Waals surface area contributed by atoms with Crippen LogP contribution in [0.3, 0.4) is 0 Å². The molecule has 1 aromatic carbocycles. The second kappa shape index (κ2) is 9.09. The Bertz CT molecular complexity index is 698. The Balaban J connectivity index is 0.00000210. The second-order valence-electron chi connectivity index (χ2n) is 7.34. The van der Waals surface area contributed by atoms with E-state index in [0.29, 0.717) is 16.6 Å². The molecule has 4 rings (SSSR count). The molecule has 0 aromatic heterocycles. The highest BCUT2D eigenvalue weighted by Crippen LogP contribution is 2.45. The molecular formula is C20H27ClFIN4. The van der Waals surface area contributed by atoms with Gasteiger partial charge in [-0.05, 0) is 31.9 Å². The van der Waals surface area contributed by atoms with Crippen molar-refractivity contribution in [2.45, 2.75) is 37.8 Å². The standard InChI is InChI=1S/C20H26ClFN4.HI/c1-2-23-20(26-11-8-14(13-26)25-9-3-4-10-25)24-18-12-15(18)19-16(21)6-5-7-17(19)22;/h3-7,14-15,18H,2,8-13H2,1H3,(H,23,24);1H. The highest BCUT2D eigenvalue weighted by Gasteiger charge is 2.43. The largest absolute Gasteiger partial charge is 0.353 e. The summed E-state index contributed by atoms with van der Waals surface area (Å²) in [5.41, 5.74) is 0.643. The lowest BCUT2D eigenvalue weighted by molar-refractivity contribution is 0.259. The lowest BCUT2D eigenvalue weighted by atomic mass is 10.1. The number of nitrogens with one attached hydrogen (secondary N) is 1. The highest BCUT2D eigenvalue weighted by molar-refractivity contribution is 14.0. The maximum atomic E-state index is 14.2. The number of likely N-dealkylation sites (tertiary alicyclic amines) is 1. The van der Waals surface area contributed by atoms with Crippen molar-refractivity contribution in [1.82, 2.24) is 15.1 Å². The Kier molecular flexibility index (Phi) is 7.03. The Morgan fingerprint density at radius 2 is 2.11 bits per heavy atom. The van der Waals surface area contributed by atoms with Crippen molar-refractivity contribution in [1.29, 1.82) is 0 Å². The summed E-state index contributed by atoms with van der Waals surface area (Å²) in [6.45, 7) is 6.94. The fourth-order valence-electron chi connectivity index (χ4n) is 4.12. The van der Waals surface area contributed by atoms with Crippen LogP contribution in [-0.2, 0) is 0 Å². The van der Waals surface area contributed by atoms with Crippen LogP contribution in [0.1, 0.15) is 31.2 Å². The van der Waals surface area contributed by atoms with Crippen LogP contribution in [0, 0.1) is 5.82 Å². The van der Waals surface area contributed by atoms with E-state index in [2.05, 4.69) is 34.2 Å². The van der Waals surface area contributed by atoms with E-state index in [9.17, 15) is 4.39 Å². The zero-order valence-electron chi connectivity index (χ0n) is 15.6. The number of aliphatic imine (C=N–C) groups is 1. The third kappa shape index (κ3) is 4.59. The molecular weight excluding hydrogens is 478 g/mol. The molecule has 1 N–H and O–H groups in total. The van der Waals surface area contributed by atoms with Crippen LogP contribution in [-0.4, -0.2) is 60.6 Å². The van der Waals surface area contributed by atoms with Gasteiger partial charge in [-0.1, -0.05) is 29.8 Å². The minimum absolute atomic E-state index is 0. The lowest BCUT2D eigenvalue weighted by Crippen LogP contribution is -2.44. The van der Waals surface area contributed by atoms with E-state index in [-0.39, 0.29) is 41.8 Å². The van der Waals surface area contributed by atoms with Crippen LogP contribution >= 0.6 is 35.6 Å². The first-order valence-corrected chi connectivity index (χ1v) is 9.94. The molecule has 1 saturated carbocycles. The van der Waals surface area contributed by atoms with Crippen molar-refractivity contribution in [2.24, 2.45) is 4.99 Å². The summed E-state index contributed by atoms with van der Waals surface area (Å²) in [5, 5.41) is 4.09. The predicted octanol–water partition coefficient (Wildman–Crippen LogP) is 3.86. The fourth-order valence-corrected chi connectivity index (χ4v) is 4.42. The molecule has 1 saturated heterocycles. The highest BCUT2D eigenvalue weighted by atomic mass is 127. The zero-order valence-corrected chi connectivity index (χ0v) is 18.7. The van der Waals surface area contributed by atoms with E-state index in [1.165, 1.54) is 12.5 Å². The number of hydrogen-bond acceptors (Lipinski definition) is 2. The molecule has 1 aromatic rings. The zero-order chi connectivity index (χ0) is 18.1. The van der Waals surface area contributed by atoms with Gasteiger partial charge in [0.05, 0.1) is 0 Å². The maximum Gasteiger partial charge on any atom is 0.194 e. The van der Waals surface area contributed by atoms with Crippen LogP contribution in [0.5, 0.6) is 0 Å². The van der Waals surface area contributed by atoms with Crippen LogP contribution in [0.15, 0.2) is 35.3 Å². The average molecular weight is 505 g/mol. The van der Waals surface area contributed by atoms with Gasteiger partial charge in [0.15, 0.2) is 5.96 Å². The molecule has 27 heavy (non-hydrogen) atoms. The molecule has 4 nitrogen and oxygen atoms in total. The van der Waals surface area contributed by atoms with Crippen molar-refractivity contribution in [2.75, 3.05) is 32.7 Å². The molecule has 0 spiro atoms. The molecule has 0 radical (unpaired) electrons. The van der Waals surface area contributed by atoms with Gasteiger partial charge in [-0.15, -0.1) is 24.0 Å². The molecule has 148 valence electrons. The van der Waals surface area contributed by atoms with Gasteiger partial charge >= 0.3 is 0 Å². The minimum Gasteiger partial charge on any atom is -0.353 e. The molecule has 3 aliphatic rings. The molecule has 2 aliphatic heterocycles. The second-order valence-corrected chi connectivity index (χ2v) is 7.75. The molecule has 7 heteroatoms. The van der Waals surface area contributed by atoms with Crippen LogP contribution in [0.25, 0.3) is 0 Å². The van der Waals surface area contributed by atoms with E-state index >= 15 is 0 Å². The predicted molar refractivity (Wildman–Crippen MR) is 120 cm³/mol. The van der Waals surface area contributed by atoms with Crippen molar-refractivity contribution < 1.29 is 4.39 Å². The Labute approximate surface area is 182 Å². The van der Waals surface area contributed by atoms with E-state index in [1.54, 1.807) is 12.1 Å². The summed E-state index contributed by atoms with van der Waals surface area (Å²) in [6.07, 6.45) is 6.56. The number of nitrogens with zero attached hydrogens (tertiary/aromatic N) is 3. The van der Waals surface area contributed by atoms with Gasteiger partial charge in [0.2, 0.25) is 0 Å². The first kappa shape index (κ1) is 20.9. The van der Waals surface area contributed by atoms with Gasteiger partial charge < -0.3 is 10.2 Å². The molecule has 0 bridgehead atoms. The van der Waals surface area contributed by atoms with E-state index in [0.717, 1.165) is 45.1 Å². The van der Waals surface area contributed by atoms with Crippen molar-refractivity contribution in [3.05, 3.63) is 46.8 Å². The fraction of sp³-hybridized carbons (Fsp3) is 0.550. The number of hydrogen-bond donors (Lipinski definition) is 1. The number of rotatable bonds is 4. The lowest BCUT2D eigenvalue weighted by Gasteiger charge is -2.25. The average Bonchev–Trinajstić information content (AvgIpc) is 3.06. The molecule has 3 atom stereocenters. The van der Waals surface area contributed by atoms with Crippen LogP contribution in [0.4, 0.5) is 4.39 Å². The smallest absolute Gasteiger partial charge is 0.194 e. The van der Waals surface area contributed by atoms with Gasteiger partial charge in [-0.2, -0.15) is 0 Å². The molecule has 3 unspecified atom stereocenters. The number of guanidine groups is 1. The Hall–Kier alpha value is -0.860. The first-order valence-electron chi connectivity index (χ1n) is 9.56. The van der Waals surface area contributed by atoms with E-state index in [4.69, 9.17) is 16.6 Å². The summed E-state index contributed by atoms with van der Waals surface area (Å²) in [4.78, 5) is 9.56. The molecule has 0 amide bonds. The summed E-state index contributed by atoms with van der Waals surface area (Å²) in [7, 11) is 0.